The zero-order valence-corrected chi connectivity index (χ0v) is 30.9. The predicted octanol–water partition coefficient (Wildman–Crippen LogP) is 3.38. The van der Waals surface area contributed by atoms with Gasteiger partial charge in [0.2, 0.25) is 17.6 Å². The average Bonchev–Trinajstić information content (AvgIpc) is 3.73. The van der Waals surface area contributed by atoms with Crippen molar-refractivity contribution in [1.29, 1.82) is 0 Å². The molecular weight excluding hydrogens is 628 g/mol. The molecule has 0 aromatic heterocycles. The third kappa shape index (κ3) is 11.2. The number of urea groups is 1. The van der Waals surface area contributed by atoms with Gasteiger partial charge in [-0.3, -0.25) is 19.2 Å². The molecule has 13 nitrogen and oxygen atoms in total. The van der Waals surface area contributed by atoms with Crippen LogP contribution in [-0.4, -0.2) is 102 Å². The van der Waals surface area contributed by atoms with Crippen molar-refractivity contribution in [3.05, 3.63) is 12.7 Å². The van der Waals surface area contributed by atoms with Crippen molar-refractivity contribution in [2.45, 2.75) is 118 Å². The van der Waals surface area contributed by atoms with Crippen LogP contribution in [0.25, 0.3) is 0 Å². The first-order chi connectivity index (χ1) is 22.8. The maximum atomic E-state index is 14.4. The van der Waals surface area contributed by atoms with Crippen molar-refractivity contribution in [2.75, 3.05) is 32.8 Å². The van der Waals surface area contributed by atoms with Crippen LogP contribution in [0.2, 0.25) is 0 Å². The van der Waals surface area contributed by atoms with Gasteiger partial charge < -0.3 is 35.8 Å². The summed E-state index contributed by atoms with van der Waals surface area (Å²) >= 11 is 0. The van der Waals surface area contributed by atoms with Gasteiger partial charge in [0.25, 0.3) is 5.91 Å². The summed E-state index contributed by atoms with van der Waals surface area (Å²) in [7, 11) is 0. The molecule has 0 aromatic carbocycles. The smallest absolute Gasteiger partial charge is 0.409 e. The van der Waals surface area contributed by atoms with E-state index in [4.69, 9.17) is 4.74 Å². The predicted molar refractivity (Wildman–Crippen MR) is 186 cm³/mol. The lowest BCUT2D eigenvalue weighted by Crippen LogP contribution is -2.62. The number of ketones is 1. The van der Waals surface area contributed by atoms with Gasteiger partial charge in [0, 0.05) is 26.2 Å². The van der Waals surface area contributed by atoms with E-state index in [0.29, 0.717) is 51.3 Å². The minimum atomic E-state index is -1.02. The maximum absolute atomic E-state index is 14.4. The van der Waals surface area contributed by atoms with Crippen LogP contribution >= 0.6 is 0 Å². The summed E-state index contributed by atoms with van der Waals surface area (Å²) < 4.78 is 5.19. The van der Waals surface area contributed by atoms with Crippen molar-refractivity contribution in [1.82, 2.24) is 31.1 Å². The molecule has 1 saturated carbocycles. The number of ether oxygens (including phenoxy) is 1. The minimum absolute atomic E-state index is 0.0448. The number of rotatable bonds is 15. The van der Waals surface area contributed by atoms with E-state index in [1.807, 2.05) is 55.4 Å². The van der Waals surface area contributed by atoms with Gasteiger partial charge in [0.1, 0.15) is 12.1 Å². The third-order valence-corrected chi connectivity index (χ3v) is 9.88. The first-order valence-electron chi connectivity index (χ1n) is 17.9. The number of nitrogens with one attached hydrogen (secondary N) is 4. The van der Waals surface area contributed by atoms with Crippen LogP contribution in [0, 0.1) is 28.6 Å². The largest absolute Gasteiger partial charge is 0.449 e. The lowest BCUT2D eigenvalue weighted by Gasteiger charge is -2.39. The number of carbonyl (C=O) groups is 6. The maximum Gasteiger partial charge on any atom is 0.409 e. The molecule has 3 rings (SSSR count). The van der Waals surface area contributed by atoms with Crippen molar-refractivity contribution < 1.29 is 33.5 Å². The van der Waals surface area contributed by atoms with E-state index >= 15 is 0 Å². The second-order valence-electron chi connectivity index (χ2n) is 16.4. The normalized spacial score (nSPS) is 21.7. The Kier molecular flexibility index (Phi) is 13.7. The van der Waals surface area contributed by atoms with Crippen LogP contribution in [0.5, 0.6) is 0 Å². The number of hydrogen-bond donors (Lipinski definition) is 4. The highest BCUT2D eigenvalue weighted by Gasteiger charge is 2.48. The van der Waals surface area contributed by atoms with E-state index in [-0.39, 0.29) is 24.9 Å². The summed E-state index contributed by atoms with van der Waals surface area (Å²) in [5.74, 6) is -2.05. The third-order valence-electron chi connectivity index (χ3n) is 9.88. The standard InChI is InChI=1S/C36H60N6O7/c1-10-17-37-31(45)28(43)25(15-14-23-12-13-23)38-30(44)27-24(22(2)3)16-19-42(27)32(46)29(36(7,8)9)40-33(47)39-26(35(4,5)6)21-41-18-11-20-49-34(41)48/h10,22-27,29H,1,11-21H2,2-9H3,(H,37,45)(H,38,44)(H2,39,40,47)/t24-,25?,26-,27+,29-/m1/s1. The Morgan fingerprint density at radius 3 is 2.18 bits per heavy atom. The van der Waals surface area contributed by atoms with E-state index < -0.39 is 70.6 Å². The molecule has 13 heteroatoms. The Bertz CT molecular complexity index is 1240. The molecule has 6 amide bonds. The number of likely N-dealkylation sites (tertiary alicyclic amines) is 1. The first-order valence-corrected chi connectivity index (χ1v) is 17.9. The molecule has 3 fully saturated rings. The average molecular weight is 689 g/mol. The van der Waals surface area contributed by atoms with E-state index in [0.717, 1.165) is 12.8 Å². The number of nitrogens with zero attached hydrogens (tertiary/aromatic N) is 2. The van der Waals surface area contributed by atoms with E-state index in [1.54, 1.807) is 4.90 Å². The fraction of sp³-hybridized carbons (Fsp3) is 0.778. The molecule has 49 heavy (non-hydrogen) atoms. The van der Waals surface area contributed by atoms with Crippen LogP contribution < -0.4 is 21.3 Å². The highest BCUT2D eigenvalue weighted by atomic mass is 16.6. The topological polar surface area (TPSA) is 166 Å². The summed E-state index contributed by atoms with van der Waals surface area (Å²) in [4.78, 5) is 83.4. The van der Waals surface area contributed by atoms with Crippen LogP contribution in [0.4, 0.5) is 9.59 Å². The van der Waals surface area contributed by atoms with Crippen molar-refractivity contribution in [2.24, 2.45) is 28.6 Å². The van der Waals surface area contributed by atoms with Gasteiger partial charge >= 0.3 is 12.1 Å². The monoisotopic (exact) mass is 688 g/mol. The Balaban J connectivity index is 1.81. The molecule has 0 spiro atoms. The van der Waals surface area contributed by atoms with Crippen molar-refractivity contribution in [3.63, 3.8) is 0 Å². The molecule has 0 aromatic rings. The number of carbonyl (C=O) groups excluding carboxylic acids is 6. The molecule has 1 aliphatic carbocycles. The fourth-order valence-corrected chi connectivity index (χ4v) is 6.51. The molecule has 4 N–H and O–H groups in total. The summed E-state index contributed by atoms with van der Waals surface area (Å²) in [6.07, 6.45) is 5.51. The van der Waals surface area contributed by atoms with E-state index in [1.165, 1.54) is 11.0 Å². The first kappa shape index (κ1) is 39.8. The summed E-state index contributed by atoms with van der Waals surface area (Å²) in [5.41, 5.74) is -1.15. The number of Topliss-reactive ketones (excluding diaryl/α,β-unsaturated/α-hetero) is 1. The van der Waals surface area contributed by atoms with Gasteiger partial charge in [-0.15, -0.1) is 6.58 Å². The van der Waals surface area contributed by atoms with Gasteiger partial charge in [-0.1, -0.05) is 74.3 Å². The molecule has 1 unspecified atom stereocenters. The van der Waals surface area contributed by atoms with Crippen LogP contribution in [0.15, 0.2) is 12.7 Å². The molecule has 0 bridgehead atoms. The van der Waals surface area contributed by atoms with Crippen LogP contribution in [0.1, 0.15) is 93.9 Å². The zero-order chi connectivity index (χ0) is 36.7. The molecule has 2 saturated heterocycles. The van der Waals surface area contributed by atoms with E-state index in [2.05, 4.69) is 27.8 Å². The summed E-state index contributed by atoms with van der Waals surface area (Å²) in [5, 5.41) is 11.3. The fourth-order valence-electron chi connectivity index (χ4n) is 6.51. The van der Waals surface area contributed by atoms with Gasteiger partial charge in [-0.05, 0) is 54.3 Å². The Labute approximate surface area is 292 Å². The molecule has 2 aliphatic heterocycles. The number of hydrogen-bond acceptors (Lipinski definition) is 7. The number of amides is 6. The Morgan fingerprint density at radius 1 is 0.959 bits per heavy atom. The van der Waals surface area contributed by atoms with E-state index in [9.17, 15) is 28.8 Å². The van der Waals surface area contributed by atoms with Crippen molar-refractivity contribution >= 4 is 35.6 Å². The quantitative estimate of drug-likeness (QED) is 0.151. The lowest BCUT2D eigenvalue weighted by atomic mass is 9.84. The molecule has 5 atom stereocenters. The highest BCUT2D eigenvalue weighted by molar-refractivity contribution is 6.38. The Morgan fingerprint density at radius 2 is 1.63 bits per heavy atom. The highest BCUT2D eigenvalue weighted by Crippen LogP contribution is 2.35. The second kappa shape index (κ2) is 16.8. The van der Waals surface area contributed by atoms with Crippen molar-refractivity contribution in [3.8, 4) is 0 Å². The lowest BCUT2D eigenvalue weighted by molar-refractivity contribution is -0.144. The van der Waals surface area contributed by atoms with Gasteiger partial charge in [0.15, 0.2) is 0 Å². The molecule has 3 aliphatic rings. The zero-order valence-electron chi connectivity index (χ0n) is 30.9. The summed E-state index contributed by atoms with van der Waals surface area (Å²) in [6, 6.07) is -3.90. The molecule has 276 valence electrons. The van der Waals surface area contributed by atoms with Crippen LogP contribution in [0.3, 0.4) is 0 Å². The minimum Gasteiger partial charge on any atom is -0.449 e. The SMILES string of the molecule is C=CCNC(=O)C(=O)C(CCC1CC1)NC(=O)[C@@H]1[C@@H](C(C)C)CCN1C(=O)[C@@H](NC(=O)N[C@H](CN1CCCOC1=O)C(C)(C)C)C(C)(C)C. The summed E-state index contributed by atoms with van der Waals surface area (Å²) in [6.45, 7) is 20.6. The second-order valence-corrected chi connectivity index (χ2v) is 16.4. The Hall–Kier alpha value is -3.64. The number of cyclic esters (lactones) is 1. The van der Waals surface area contributed by atoms with Gasteiger partial charge in [-0.2, -0.15) is 0 Å². The molecular formula is C36H60N6O7. The molecule has 0 radical (unpaired) electrons. The van der Waals surface area contributed by atoms with Gasteiger partial charge in [-0.25, -0.2) is 9.59 Å². The molecule has 2 heterocycles. The van der Waals surface area contributed by atoms with Gasteiger partial charge in [0.05, 0.1) is 18.7 Å². The van der Waals surface area contributed by atoms with Crippen LogP contribution in [-0.2, 0) is 23.9 Å².